The highest BCUT2D eigenvalue weighted by atomic mass is 19.1. The molecule has 1 N–H and O–H groups in total. The molecule has 0 atom stereocenters. The summed E-state index contributed by atoms with van der Waals surface area (Å²) < 4.78 is 19.3. The van der Waals surface area contributed by atoms with E-state index in [1.807, 2.05) is 0 Å². The van der Waals surface area contributed by atoms with Crippen molar-refractivity contribution < 1.29 is 19.0 Å². The van der Waals surface area contributed by atoms with Gasteiger partial charge in [-0.3, -0.25) is 4.79 Å². The molecule has 1 aromatic heterocycles. The van der Waals surface area contributed by atoms with Crippen molar-refractivity contribution in [3.8, 4) is 11.4 Å². The minimum absolute atomic E-state index is 0.0951. The Balaban J connectivity index is 2.40. The van der Waals surface area contributed by atoms with Gasteiger partial charge in [-0.2, -0.15) is 0 Å². The maximum atomic E-state index is 13.1. The maximum absolute atomic E-state index is 13.1. The first-order valence-corrected chi connectivity index (χ1v) is 6.74. The number of ether oxygens (including phenoxy) is 1. The van der Waals surface area contributed by atoms with Crippen LogP contribution in [0.15, 0.2) is 53.5 Å². The first-order valence-electron chi connectivity index (χ1n) is 6.74. The molecule has 0 aliphatic rings. The van der Waals surface area contributed by atoms with Gasteiger partial charge in [-0.05, 0) is 42.5 Å². The smallest absolute Gasteiger partial charge is 0.343 e. The summed E-state index contributed by atoms with van der Waals surface area (Å²) in [4.78, 5) is 24.3. The molecule has 5 nitrogen and oxygen atoms in total. The molecule has 0 amide bonds. The Labute approximate surface area is 130 Å². The molecule has 0 aliphatic carbocycles. The predicted octanol–water partition coefficient (Wildman–Crippen LogP) is 2.62. The van der Waals surface area contributed by atoms with Gasteiger partial charge in [0.25, 0.3) is 0 Å². The molecule has 3 aromatic rings. The van der Waals surface area contributed by atoms with Crippen molar-refractivity contribution in [1.82, 2.24) is 4.57 Å². The molecule has 0 saturated carbocycles. The summed E-state index contributed by atoms with van der Waals surface area (Å²) >= 11 is 0. The number of carbonyl (C=O) groups is 1. The second-order valence-corrected chi connectivity index (χ2v) is 4.91. The van der Waals surface area contributed by atoms with Gasteiger partial charge in [-0.15, -0.1) is 0 Å². The fourth-order valence-corrected chi connectivity index (χ4v) is 2.39. The van der Waals surface area contributed by atoms with Gasteiger partial charge in [0.2, 0.25) is 5.43 Å². The van der Waals surface area contributed by atoms with Crippen LogP contribution in [0.1, 0.15) is 10.4 Å². The maximum Gasteiger partial charge on any atom is 0.343 e. The van der Waals surface area contributed by atoms with Crippen LogP contribution in [0.4, 0.5) is 4.39 Å². The summed E-state index contributed by atoms with van der Waals surface area (Å²) in [7, 11) is 1.18. The second-order valence-electron chi connectivity index (χ2n) is 4.91. The van der Waals surface area contributed by atoms with Gasteiger partial charge in [0.1, 0.15) is 17.1 Å². The number of hydrogen-bond donors (Lipinski definition) is 1. The summed E-state index contributed by atoms with van der Waals surface area (Å²) in [5, 5.41) is 9.79. The lowest BCUT2D eigenvalue weighted by Crippen LogP contribution is -2.19. The molecule has 0 unspecified atom stereocenters. The molecular weight excluding hydrogens is 301 g/mol. The van der Waals surface area contributed by atoms with Crippen LogP contribution >= 0.6 is 0 Å². The lowest BCUT2D eigenvalue weighted by Gasteiger charge is -2.13. The van der Waals surface area contributed by atoms with Crippen LogP contribution in [0.3, 0.4) is 0 Å². The quantitative estimate of drug-likeness (QED) is 0.739. The third-order valence-electron chi connectivity index (χ3n) is 3.50. The van der Waals surface area contributed by atoms with Crippen LogP contribution in [0.2, 0.25) is 0 Å². The van der Waals surface area contributed by atoms with Crippen LogP contribution in [0.5, 0.6) is 5.75 Å². The molecule has 1 heterocycles. The Morgan fingerprint density at radius 1 is 1.17 bits per heavy atom. The zero-order valence-electron chi connectivity index (χ0n) is 12.1. The molecule has 0 radical (unpaired) electrons. The van der Waals surface area contributed by atoms with Gasteiger partial charge in [0, 0.05) is 11.9 Å². The number of phenolic OH excluding ortho intramolecular Hbond substituents is 1. The predicted molar refractivity (Wildman–Crippen MR) is 82.5 cm³/mol. The standard InChI is InChI=1S/C17H12FNO4/c1-23-17(22)14-9-19(11-4-2-10(18)3-5-11)15-7-6-12(20)8-13(15)16(14)21/h2-9,20H,1H3. The second kappa shape index (κ2) is 5.57. The molecule has 0 saturated heterocycles. The van der Waals surface area contributed by atoms with E-state index in [1.165, 1.54) is 49.7 Å². The van der Waals surface area contributed by atoms with Crippen LogP contribution in [-0.2, 0) is 4.74 Å². The number of esters is 1. The van der Waals surface area contributed by atoms with E-state index in [-0.39, 0.29) is 16.7 Å². The van der Waals surface area contributed by atoms with Crippen molar-refractivity contribution >= 4 is 16.9 Å². The van der Waals surface area contributed by atoms with Crippen LogP contribution in [-0.4, -0.2) is 22.8 Å². The molecule has 6 heteroatoms. The Kier molecular flexibility index (Phi) is 3.57. The van der Waals surface area contributed by atoms with E-state index >= 15 is 0 Å². The number of methoxy groups -OCH3 is 1. The fraction of sp³-hybridized carbons (Fsp3) is 0.0588. The lowest BCUT2D eigenvalue weighted by atomic mass is 10.1. The number of hydrogen-bond acceptors (Lipinski definition) is 4. The van der Waals surface area contributed by atoms with E-state index in [0.717, 1.165) is 0 Å². The van der Waals surface area contributed by atoms with Gasteiger partial charge in [0.05, 0.1) is 18.0 Å². The Morgan fingerprint density at radius 3 is 2.52 bits per heavy atom. The average Bonchev–Trinajstić information content (AvgIpc) is 2.56. The van der Waals surface area contributed by atoms with E-state index in [9.17, 15) is 19.1 Å². The minimum Gasteiger partial charge on any atom is -0.508 e. The van der Waals surface area contributed by atoms with Gasteiger partial charge >= 0.3 is 5.97 Å². The van der Waals surface area contributed by atoms with Gasteiger partial charge in [-0.1, -0.05) is 0 Å². The number of aromatic nitrogens is 1. The number of carbonyl (C=O) groups excluding carboxylic acids is 1. The summed E-state index contributed by atoms with van der Waals surface area (Å²) in [6.07, 6.45) is 1.35. The number of pyridine rings is 1. The van der Waals surface area contributed by atoms with Crippen LogP contribution < -0.4 is 5.43 Å². The zero-order valence-corrected chi connectivity index (χ0v) is 12.1. The highest BCUT2D eigenvalue weighted by molar-refractivity contribution is 5.94. The Morgan fingerprint density at radius 2 is 1.87 bits per heavy atom. The molecule has 3 rings (SSSR count). The van der Waals surface area contributed by atoms with Gasteiger partial charge in [-0.25, -0.2) is 9.18 Å². The third kappa shape index (κ3) is 2.55. The van der Waals surface area contributed by atoms with Crippen molar-refractivity contribution in [3.63, 3.8) is 0 Å². The molecule has 0 aliphatic heterocycles. The number of rotatable bonds is 2. The molecule has 116 valence electrons. The van der Waals surface area contributed by atoms with Crippen molar-refractivity contribution in [3.05, 3.63) is 70.3 Å². The van der Waals surface area contributed by atoms with E-state index in [4.69, 9.17) is 0 Å². The normalized spacial score (nSPS) is 10.7. The van der Waals surface area contributed by atoms with E-state index in [2.05, 4.69) is 4.74 Å². The first kappa shape index (κ1) is 14.8. The van der Waals surface area contributed by atoms with E-state index in [0.29, 0.717) is 11.2 Å². The number of aromatic hydroxyl groups is 1. The van der Waals surface area contributed by atoms with Gasteiger partial charge in [0.15, 0.2) is 0 Å². The number of benzene rings is 2. The highest BCUT2D eigenvalue weighted by Gasteiger charge is 2.17. The van der Waals surface area contributed by atoms with Crippen LogP contribution in [0.25, 0.3) is 16.6 Å². The topological polar surface area (TPSA) is 68.5 Å². The summed E-state index contributed by atoms with van der Waals surface area (Å²) in [5.74, 6) is -1.27. The van der Waals surface area contributed by atoms with Gasteiger partial charge < -0.3 is 14.4 Å². The van der Waals surface area contributed by atoms with Crippen molar-refractivity contribution in [2.24, 2.45) is 0 Å². The average molecular weight is 313 g/mol. The third-order valence-corrected chi connectivity index (χ3v) is 3.50. The van der Waals surface area contributed by atoms with Crippen molar-refractivity contribution in [1.29, 1.82) is 0 Å². The fourth-order valence-electron chi connectivity index (χ4n) is 2.39. The Bertz CT molecular complexity index is 961. The molecule has 2 aromatic carbocycles. The zero-order chi connectivity index (χ0) is 16.6. The molecule has 23 heavy (non-hydrogen) atoms. The van der Waals surface area contributed by atoms with E-state index in [1.54, 1.807) is 10.6 Å². The van der Waals surface area contributed by atoms with E-state index < -0.39 is 17.2 Å². The Hall–Kier alpha value is -3.15. The largest absolute Gasteiger partial charge is 0.508 e. The van der Waals surface area contributed by atoms with Crippen molar-refractivity contribution in [2.75, 3.05) is 7.11 Å². The molecule has 0 bridgehead atoms. The molecule has 0 spiro atoms. The number of fused-ring (bicyclic) bond motifs is 1. The highest BCUT2D eigenvalue weighted by Crippen LogP contribution is 2.22. The molecule has 0 fully saturated rings. The SMILES string of the molecule is COC(=O)c1cn(-c2ccc(F)cc2)c2ccc(O)cc2c1=O. The number of phenols is 1. The lowest BCUT2D eigenvalue weighted by molar-refractivity contribution is 0.0599. The number of nitrogens with zero attached hydrogens (tertiary/aromatic N) is 1. The minimum atomic E-state index is -0.781. The summed E-state index contributed by atoms with van der Waals surface area (Å²) in [6, 6.07) is 9.86. The monoisotopic (exact) mass is 313 g/mol. The van der Waals surface area contributed by atoms with Crippen LogP contribution in [0, 0.1) is 5.82 Å². The molecular formula is C17H12FNO4. The summed E-state index contributed by atoms with van der Waals surface area (Å²) in [5.41, 5.74) is 0.329. The summed E-state index contributed by atoms with van der Waals surface area (Å²) in [6.45, 7) is 0. The number of halogens is 1. The first-order chi connectivity index (χ1) is 11.0. The van der Waals surface area contributed by atoms with Crippen molar-refractivity contribution in [2.45, 2.75) is 0 Å².